The number of esters is 3. The van der Waals surface area contributed by atoms with Crippen LogP contribution in [0.15, 0.2) is 170 Å². The second kappa shape index (κ2) is 67.3. The van der Waals surface area contributed by atoms with Gasteiger partial charge in [0.15, 0.2) is 6.10 Å². The molecule has 0 rings (SSSR count). The Balaban J connectivity index is 4.42. The monoisotopic (exact) mass is 1110 g/mol. The lowest BCUT2D eigenvalue weighted by Crippen LogP contribution is -2.30. The van der Waals surface area contributed by atoms with Crippen molar-refractivity contribution < 1.29 is 28.6 Å². The highest BCUT2D eigenvalue weighted by atomic mass is 16.6. The van der Waals surface area contributed by atoms with E-state index in [4.69, 9.17) is 14.2 Å². The maximum absolute atomic E-state index is 12.9. The number of hydrogen-bond acceptors (Lipinski definition) is 6. The van der Waals surface area contributed by atoms with Crippen molar-refractivity contribution in [2.24, 2.45) is 0 Å². The molecule has 0 N–H and O–H groups in total. The minimum Gasteiger partial charge on any atom is -0.462 e. The van der Waals surface area contributed by atoms with E-state index in [9.17, 15) is 14.4 Å². The molecule has 0 amide bonds. The number of ether oxygens (including phenoxy) is 3. The average Bonchev–Trinajstić information content (AvgIpc) is 3.46. The molecule has 0 aromatic heterocycles. The molecule has 0 heterocycles. The fourth-order valence-corrected chi connectivity index (χ4v) is 8.30. The van der Waals surface area contributed by atoms with E-state index in [0.717, 1.165) is 161 Å². The standard InChI is InChI=1S/C75H118O6/c1-4-7-10-13-16-19-22-25-27-29-30-31-32-33-34-35-36-37-38-39-40-41-42-43-44-46-47-50-53-56-59-62-65-68-74(77)80-71-72(70-79-73(76)67-64-61-58-55-52-49-24-21-18-15-12-9-6-3)81-75(78)69-66-63-60-57-54-51-48-45-28-26-23-20-17-14-11-8-5-2/h7,10,12,15-17,19-21,24-28,30-31,33-34,36-37,39-40,42-43,46-47,53,56,72H,4-6,8-9,11,13-14,18,22-23,29,32,35,38,41,44-45,48-52,54-55,57-71H2,1-3H3/b10-7-,15-12-,19-16-,20-17-,24-21-,27-25-,28-26-,31-30-,34-33-,37-36-,40-39-,43-42-,47-46-,56-53-. The predicted molar refractivity (Wildman–Crippen MR) is 352 cm³/mol. The molecule has 0 saturated carbocycles. The summed E-state index contributed by atoms with van der Waals surface area (Å²) in [7, 11) is 0. The van der Waals surface area contributed by atoms with Gasteiger partial charge in [0.1, 0.15) is 13.2 Å². The summed E-state index contributed by atoms with van der Waals surface area (Å²) >= 11 is 0. The molecule has 0 bridgehead atoms. The van der Waals surface area contributed by atoms with Gasteiger partial charge in [-0.25, -0.2) is 0 Å². The highest BCUT2D eigenvalue weighted by molar-refractivity contribution is 5.71. The Morgan fingerprint density at radius 3 is 0.827 bits per heavy atom. The van der Waals surface area contributed by atoms with Gasteiger partial charge in [0.2, 0.25) is 0 Å². The quantitative estimate of drug-likeness (QED) is 0.0261. The van der Waals surface area contributed by atoms with Crippen LogP contribution in [-0.4, -0.2) is 37.2 Å². The SMILES string of the molecule is CC/C=C\C/C=C\C/C=C\C/C=C\C/C=C\C/C=C\C/C=C\C/C=C\C/C=C\C/C=C\CCCCC(=O)OCC(COC(=O)CCCCCCC/C=C\C/C=C\CCC)OC(=O)CCCCCCCCC/C=C\C/C=C\CCCCC. The molecule has 0 aliphatic heterocycles. The van der Waals surface area contributed by atoms with Crippen LogP contribution in [0, 0.1) is 0 Å². The summed E-state index contributed by atoms with van der Waals surface area (Å²) in [5, 5.41) is 0. The lowest BCUT2D eigenvalue weighted by Gasteiger charge is -2.18. The number of hydrogen-bond donors (Lipinski definition) is 0. The molecule has 81 heavy (non-hydrogen) atoms. The van der Waals surface area contributed by atoms with Crippen LogP contribution in [0.1, 0.15) is 265 Å². The normalized spacial score (nSPS) is 13.3. The maximum atomic E-state index is 12.9. The van der Waals surface area contributed by atoms with E-state index in [-0.39, 0.29) is 31.1 Å². The molecule has 6 heteroatoms. The molecule has 0 aliphatic carbocycles. The van der Waals surface area contributed by atoms with E-state index in [1.807, 2.05) is 0 Å². The minimum atomic E-state index is -0.815. The Bertz CT molecular complexity index is 1860. The summed E-state index contributed by atoms with van der Waals surface area (Å²) in [5.41, 5.74) is 0. The van der Waals surface area contributed by atoms with E-state index >= 15 is 0 Å². The van der Waals surface area contributed by atoms with Gasteiger partial charge in [0, 0.05) is 19.3 Å². The van der Waals surface area contributed by atoms with Gasteiger partial charge < -0.3 is 14.2 Å². The van der Waals surface area contributed by atoms with Crippen LogP contribution in [-0.2, 0) is 28.6 Å². The fourth-order valence-electron chi connectivity index (χ4n) is 8.30. The van der Waals surface area contributed by atoms with Gasteiger partial charge in [-0.1, -0.05) is 262 Å². The van der Waals surface area contributed by atoms with E-state index < -0.39 is 6.10 Å². The van der Waals surface area contributed by atoms with Gasteiger partial charge in [-0.3, -0.25) is 14.4 Å². The third-order valence-corrected chi connectivity index (χ3v) is 13.2. The van der Waals surface area contributed by atoms with E-state index in [0.29, 0.717) is 25.7 Å². The Kier molecular flexibility index (Phi) is 62.9. The molecule has 0 spiro atoms. The van der Waals surface area contributed by atoms with Crippen molar-refractivity contribution in [3.05, 3.63) is 170 Å². The van der Waals surface area contributed by atoms with Gasteiger partial charge in [-0.05, 0) is 154 Å². The molecule has 0 aliphatic rings. The van der Waals surface area contributed by atoms with E-state index in [1.54, 1.807) is 0 Å². The van der Waals surface area contributed by atoms with E-state index in [1.165, 1.54) is 57.8 Å². The van der Waals surface area contributed by atoms with Crippen LogP contribution < -0.4 is 0 Å². The average molecular weight is 1120 g/mol. The van der Waals surface area contributed by atoms with Crippen molar-refractivity contribution in [3.63, 3.8) is 0 Å². The molecule has 454 valence electrons. The van der Waals surface area contributed by atoms with Crippen LogP contribution in [0.3, 0.4) is 0 Å². The molecule has 1 unspecified atom stereocenters. The van der Waals surface area contributed by atoms with Crippen LogP contribution >= 0.6 is 0 Å². The Morgan fingerprint density at radius 2 is 0.506 bits per heavy atom. The third-order valence-electron chi connectivity index (χ3n) is 13.2. The lowest BCUT2D eigenvalue weighted by molar-refractivity contribution is -0.167. The summed E-state index contributed by atoms with van der Waals surface area (Å²) in [4.78, 5) is 38.3. The van der Waals surface area contributed by atoms with Crippen molar-refractivity contribution in [1.82, 2.24) is 0 Å². The minimum absolute atomic E-state index is 0.109. The van der Waals surface area contributed by atoms with Crippen LogP contribution in [0.4, 0.5) is 0 Å². The molecule has 0 radical (unpaired) electrons. The summed E-state index contributed by atoms with van der Waals surface area (Å²) < 4.78 is 16.8. The third kappa shape index (κ3) is 65.5. The molecule has 0 fully saturated rings. The fraction of sp³-hybridized carbons (Fsp3) is 0.587. The first-order valence-electron chi connectivity index (χ1n) is 32.6. The molecule has 0 aromatic carbocycles. The number of carbonyl (C=O) groups is 3. The first-order valence-corrected chi connectivity index (χ1v) is 32.6. The van der Waals surface area contributed by atoms with Crippen molar-refractivity contribution >= 4 is 17.9 Å². The van der Waals surface area contributed by atoms with Crippen molar-refractivity contribution in [3.8, 4) is 0 Å². The van der Waals surface area contributed by atoms with Gasteiger partial charge in [0.25, 0.3) is 0 Å². The highest BCUT2D eigenvalue weighted by Gasteiger charge is 2.19. The summed E-state index contributed by atoms with van der Waals surface area (Å²) in [6.45, 7) is 6.37. The zero-order chi connectivity index (χ0) is 58.5. The van der Waals surface area contributed by atoms with Crippen LogP contribution in [0.2, 0.25) is 0 Å². The molecule has 1 atom stereocenters. The highest BCUT2D eigenvalue weighted by Crippen LogP contribution is 2.14. The number of rotatable bonds is 57. The van der Waals surface area contributed by atoms with Gasteiger partial charge >= 0.3 is 17.9 Å². The molecular weight excluding hydrogens is 997 g/mol. The number of allylic oxidation sites excluding steroid dienone is 28. The van der Waals surface area contributed by atoms with Gasteiger partial charge in [-0.2, -0.15) is 0 Å². The number of unbranched alkanes of at least 4 members (excludes halogenated alkanes) is 18. The zero-order valence-corrected chi connectivity index (χ0v) is 52.0. The molecule has 0 aromatic rings. The summed E-state index contributed by atoms with van der Waals surface area (Å²) in [5.74, 6) is -0.981. The van der Waals surface area contributed by atoms with Crippen molar-refractivity contribution in [2.45, 2.75) is 271 Å². The Hall–Kier alpha value is -5.23. The molecule has 6 nitrogen and oxygen atoms in total. The van der Waals surface area contributed by atoms with Gasteiger partial charge in [-0.15, -0.1) is 0 Å². The largest absolute Gasteiger partial charge is 0.462 e. The van der Waals surface area contributed by atoms with Crippen molar-refractivity contribution in [1.29, 1.82) is 0 Å². The van der Waals surface area contributed by atoms with Crippen LogP contribution in [0.25, 0.3) is 0 Å². The first kappa shape index (κ1) is 75.8. The summed E-state index contributed by atoms with van der Waals surface area (Å²) in [6, 6.07) is 0. The zero-order valence-electron chi connectivity index (χ0n) is 52.0. The molecule has 0 saturated heterocycles. The van der Waals surface area contributed by atoms with Crippen LogP contribution in [0.5, 0.6) is 0 Å². The van der Waals surface area contributed by atoms with Gasteiger partial charge in [0.05, 0.1) is 0 Å². The lowest BCUT2D eigenvalue weighted by atomic mass is 10.1. The molecular formula is C75H118O6. The topological polar surface area (TPSA) is 78.9 Å². The Morgan fingerprint density at radius 1 is 0.259 bits per heavy atom. The predicted octanol–water partition coefficient (Wildman–Crippen LogP) is 22.7. The number of carbonyl (C=O) groups excluding carboxylic acids is 3. The Labute approximate surface area is 498 Å². The second-order valence-electron chi connectivity index (χ2n) is 20.9. The maximum Gasteiger partial charge on any atom is 0.306 e. The second-order valence-corrected chi connectivity index (χ2v) is 20.9. The van der Waals surface area contributed by atoms with E-state index in [2.05, 4.69) is 191 Å². The van der Waals surface area contributed by atoms with Crippen molar-refractivity contribution in [2.75, 3.05) is 13.2 Å². The first-order chi connectivity index (χ1) is 40.0. The smallest absolute Gasteiger partial charge is 0.306 e. The summed E-state index contributed by atoms with van der Waals surface area (Å²) in [6.07, 6.45) is 99.3.